The summed E-state index contributed by atoms with van der Waals surface area (Å²) in [4.78, 5) is 4.48. The Labute approximate surface area is 150 Å². The van der Waals surface area contributed by atoms with E-state index in [4.69, 9.17) is 11.6 Å². The van der Waals surface area contributed by atoms with E-state index in [1.54, 1.807) is 41.7 Å². The molecular weight excluding hydrogens is 364 g/mol. The topological polar surface area (TPSA) is 59.1 Å². The Bertz CT molecular complexity index is 997. The van der Waals surface area contributed by atoms with Crippen molar-refractivity contribution in [3.05, 3.63) is 63.4 Å². The minimum atomic E-state index is -3.75. The van der Waals surface area contributed by atoms with E-state index in [1.165, 1.54) is 6.07 Å². The van der Waals surface area contributed by atoms with Crippen LogP contribution in [0.25, 0.3) is 11.3 Å². The summed E-state index contributed by atoms with van der Waals surface area (Å²) in [5, 5.41) is 3.11. The zero-order valence-corrected chi connectivity index (χ0v) is 15.5. The van der Waals surface area contributed by atoms with Crippen LogP contribution in [0.15, 0.2) is 52.7 Å². The molecule has 0 bridgehead atoms. The van der Waals surface area contributed by atoms with Crippen LogP contribution in [-0.4, -0.2) is 13.4 Å². The maximum atomic E-state index is 12.6. The first-order chi connectivity index (χ1) is 11.3. The number of rotatable bonds is 4. The number of hydrogen-bond donors (Lipinski definition) is 1. The van der Waals surface area contributed by atoms with Gasteiger partial charge in [0.2, 0.25) is 0 Å². The molecule has 0 radical (unpaired) electrons. The normalized spacial score (nSPS) is 11.5. The molecule has 3 aromatic rings. The van der Waals surface area contributed by atoms with Gasteiger partial charge in [-0.1, -0.05) is 29.8 Å². The van der Waals surface area contributed by atoms with Crippen molar-refractivity contribution >= 4 is 38.6 Å². The number of halogens is 1. The average molecular weight is 379 g/mol. The lowest BCUT2D eigenvalue weighted by Gasteiger charge is -2.11. The highest BCUT2D eigenvalue weighted by Crippen LogP contribution is 2.27. The van der Waals surface area contributed by atoms with Crippen LogP contribution in [0.5, 0.6) is 0 Å². The van der Waals surface area contributed by atoms with Gasteiger partial charge in [0.15, 0.2) is 0 Å². The van der Waals surface area contributed by atoms with Crippen LogP contribution in [0.1, 0.15) is 10.6 Å². The standard InChI is InChI=1S/C17H15ClN2O2S2/c1-11-6-7-17(15(18)8-11)24(21,22)20-14-5-3-4-13(9-14)16-10-23-12(2)19-16/h3-10,20H,1-2H3. The predicted molar refractivity (Wildman–Crippen MR) is 99.3 cm³/mol. The van der Waals surface area contributed by atoms with Crippen molar-refractivity contribution in [1.82, 2.24) is 4.98 Å². The van der Waals surface area contributed by atoms with E-state index in [0.717, 1.165) is 21.8 Å². The third-order valence-electron chi connectivity index (χ3n) is 3.41. The van der Waals surface area contributed by atoms with Gasteiger partial charge in [0.25, 0.3) is 10.0 Å². The summed E-state index contributed by atoms with van der Waals surface area (Å²) in [6.45, 7) is 3.79. The van der Waals surface area contributed by atoms with Crippen molar-refractivity contribution in [1.29, 1.82) is 0 Å². The lowest BCUT2D eigenvalue weighted by molar-refractivity contribution is 0.601. The van der Waals surface area contributed by atoms with E-state index < -0.39 is 10.0 Å². The van der Waals surface area contributed by atoms with Crippen molar-refractivity contribution < 1.29 is 8.42 Å². The van der Waals surface area contributed by atoms with Gasteiger partial charge < -0.3 is 0 Å². The van der Waals surface area contributed by atoms with Gasteiger partial charge in [0, 0.05) is 16.6 Å². The average Bonchev–Trinajstić information content (AvgIpc) is 2.93. The lowest BCUT2D eigenvalue weighted by Crippen LogP contribution is -2.13. The summed E-state index contributed by atoms with van der Waals surface area (Å²) in [5.74, 6) is 0. The zero-order chi connectivity index (χ0) is 17.3. The Balaban J connectivity index is 1.93. The fourth-order valence-corrected chi connectivity index (χ4v) is 4.54. The molecule has 0 amide bonds. The largest absolute Gasteiger partial charge is 0.280 e. The predicted octanol–water partition coefficient (Wildman–Crippen LogP) is 4.88. The van der Waals surface area contributed by atoms with Crippen LogP contribution in [0.3, 0.4) is 0 Å². The van der Waals surface area contributed by atoms with E-state index in [2.05, 4.69) is 9.71 Å². The van der Waals surface area contributed by atoms with Gasteiger partial charge in [0.05, 0.1) is 15.7 Å². The van der Waals surface area contributed by atoms with Crippen LogP contribution in [0.2, 0.25) is 5.02 Å². The molecule has 0 spiro atoms. The van der Waals surface area contributed by atoms with Gasteiger partial charge in [-0.15, -0.1) is 11.3 Å². The van der Waals surface area contributed by atoms with Crippen LogP contribution in [0.4, 0.5) is 5.69 Å². The summed E-state index contributed by atoms with van der Waals surface area (Å²) in [5.41, 5.74) is 3.05. The Kier molecular flexibility index (Phi) is 4.62. The second-order valence-corrected chi connectivity index (χ2v) is 8.49. The number of nitrogens with one attached hydrogen (secondary N) is 1. The molecule has 0 unspecified atom stereocenters. The fourth-order valence-electron chi connectivity index (χ4n) is 2.27. The minimum absolute atomic E-state index is 0.0599. The second kappa shape index (κ2) is 6.55. The summed E-state index contributed by atoms with van der Waals surface area (Å²) < 4.78 is 27.7. The summed E-state index contributed by atoms with van der Waals surface area (Å²) in [7, 11) is -3.75. The van der Waals surface area contributed by atoms with E-state index in [1.807, 2.05) is 25.3 Å². The van der Waals surface area contributed by atoms with Crippen LogP contribution >= 0.6 is 22.9 Å². The molecule has 0 atom stereocenters. The molecule has 0 aliphatic heterocycles. The van der Waals surface area contributed by atoms with Gasteiger partial charge in [-0.25, -0.2) is 13.4 Å². The molecule has 0 fully saturated rings. The number of benzene rings is 2. The van der Waals surface area contributed by atoms with Gasteiger partial charge in [0.1, 0.15) is 4.90 Å². The Morgan fingerprint density at radius 3 is 2.58 bits per heavy atom. The SMILES string of the molecule is Cc1ccc(S(=O)(=O)Nc2cccc(-c3csc(C)n3)c2)c(Cl)c1. The first kappa shape index (κ1) is 17.0. The number of nitrogens with zero attached hydrogens (tertiary/aromatic N) is 1. The Morgan fingerprint density at radius 2 is 1.92 bits per heavy atom. The molecule has 1 heterocycles. The quantitative estimate of drug-likeness (QED) is 0.703. The number of thiazole rings is 1. The van der Waals surface area contributed by atoms with Gasteiger partial charge in [-0.3, -0.25) is 4.72 Å². The van der Waals surface area contributed by atoms with Gasteiger partial charge in [-0.05, 0) is 43.7 Å². The Hall–Kier alpha value is -1.89. The van der Waals surface area contributed by atoms with Crippen molar-refractivity contribution in [2.24, 2.45) is 0 Å². The second-order valence-electron chi connectivity index (χ2n) is 5.37. The molecule has 1 aromatic heterocycles. The number of aromatic nitrogens is 1. The molecule has 7 heteroatoms. The lowest BCUT2D eigenvalue weighted by atomic mass is 10.1. The molecule has 3 rings (SSSR count). The summed E-state index contributed by atoms with van der Waals surface area (Å²) in [6, 6.07) is 12.0. The molecule has 0 saturated heterocycles. The monoisotopic (exact) mass is 378 g/mol. The molecule has 0 saturated carbocycles. The smallest absolute Gasteiger partial charge is 0.263 e. The number of anilines is 1. The summed E-state index contributed by atoms with van der Waals surface area (Å²) in [6.07, 6.45) is 0. The molecule has 0 aliphatic carbocycles. The molecule has 24 heavy (non-hydrogen) atoms. The molecule has 0 aliphatic rings. The van der Waals surface area contributed by atoms with Crippen molar-refractivity contribution in [3.8, 4) is 11.3 Å². The fraction of sp³-hybridized carbons (Fsp3) is 0.118. The number of sulfonamides is 1. The zero-order valence-electron chi connectivity index (χ0n) is 13.1. The number of aryl methyl sites for hydroxylation is 2. The van der Waals surface area contributed by atoms with E-state index >= 15 is 0 Å². The van der Waals surface area contributed by atoms with Gasteiger partial charge >= 0.3 is 0 Å². The summed E-state index contributed by atoms with van der Waals surface area (Å²) >= 11 is 7.63. The van der Waals surface area contributed by atoms with E-state index in [-0.39, 0.29) is 9.92 Å². The third-order valence-corrected chi connectivity index (χ3v) is 6.04. The third kappa shape index (κ3) is 3.61. The van der Waals surface area contributed by atoms with Crippen molar-refractivity contribution in [3.63, 3.8) is 0 Å². The van der Waals surface area contributed by atoms with Crippen molar-refractivity contribution in [2.45, 2.75) is 18.7 Å². The van der Waals surface area contributed by atoms with Crippen molar-refractivity contribution in [2.75, 3.05) is 4.72 Å². The highest BCUT2D eigenvalue weighted by molar-refractivity contribution is 7.92. The van der Waals surface area contributed by atoms with E-state index in [9.17, 15) is 8.42 Å². The maximum Gasteiger partial charge on any atom is 0.263 e. The van der Waals surface area contributed by atoms with Crippen LogP contribution < -0.4 is 4.72 Å². The maximum absolute atomic E-state index is 12.6. The molecule has 2 aromatic carbocycles. The first-order valence-electron chi connectivity index (χ1n) is 7.17. The Morgan fingerprint density at radius 1 is 1.12 bits per heavy atom. The van der Waals surface area contributed by atoms with Crippen LogP contribution in [0, 0.1) is 13.8 Å². The molecule has 1 N–H and O–H groups in total. The number of hydrogen-bond acceptors (Lipinski definition) is 4. The van der Waals surface area contributed by atoms with Gasteiger partial charge in [-0.2, -0.15) is 0 Å². The molecule has 124 valence electrons. The highest BCUT2D eigenvalue weighted by Gasteiger charge is 2.18. The minimum Gasteiger partial charge on any atom is -0.280 e. The molecular formula is C17H15ClN2O2S2. The highest BCUT2D eigenvalue weighted by atomic mass is 35.5. The molecule has 4 nitrogen and oxygen atoms in total. The van der Waals surface area contributed by atoms with E-state index in [0.29, 0.717) is 5.69 Å². The van der Waals surface area contributed by atoms with Crippen LogP contribution in [-0.2, 0) is 10.0 Å². The first-order valence-corrected chi connectivity index (χ1v) is 9.91.